The lowest BCUT2D eigenvalue weighted by Crippen LogP contribution is -1.84. The first-order valence-electron chi connectivity index (χ1n) is 2.29. The van der Waals surface area contributed by atoms with E-state index in [4.69, 9.17) is 5.11 Å². The Hall–Kier alpha value is -1.38. The third-order valence-electron chi connectivity index (χ3n) is 0.540. The van der Waals surface area contributed by atoms with Gasteiger partial charge in [-0.25, -0.2) is 4.79 Å². The quantitative estimate of drug-likeness (QED) is 0.338. The average Bonchev–Trinajstić information content (AvgIpc) is 1.80. The Bertz CT molecular complexity index is 156. The van der Waals surface area contributed by atoms with E-state index in [9.17, 15) is 9.59 Å². The van der Waals surface area contributed by atoms with Gasteiger partial charge in [-0.1, -0.05) is 12.2 Å². The summed E-state index contributed by atoms with van der Waals surface area (Å²) in [5.74, 6) is -1.02. The van der Waals surface area contributed by atoms with Crippen molar-refractivity contribution in [3.05, 3.63) is 24.3 Å². The van der Waals surface area contributed by atoms with Crippen molar-refractivity contribution < 1.29 is 14.7 Å². The minimum atomic E-state index is -1.02. The highest BCUT2D eigenvalue weighted by molar-refractivity contribution is 5.80. The van der Waals surface area contributed by atoms with Gasteiger partial charge in [0.2, 0.25) is 0 Å². The van der Waals surface area contributed by atoms with Crippen molar-refractivity contribution >= 4 is 12.3 Å². The molecule has 0 saturated heterocycles. The molecule has 0 amide bonds. The fourth-order valence-electron chi connectivity index (χ4n) is 0.247. The Balaban J connectivity index is 3.59. The maximum atomic E-state index is 9.75. The molecule has 0 spiro atoms. The minimum absolute atomic E-state index is 0.576. The van der Waals surface area contributed by atoms with Crippen LogP contribution in [0.3, 0.4) is 0 Å². The molecule has 0 bridgehead atoms. The Morgan fingerprint density at radius 3 is 2.33 bits per heavy atom. The normalized spacial score (nSPS) is 10.7. The molecule has 0 unspecified atom stereocenters. The van der Waals surface area contributed by atoms with Crippen molar-refractivity contribution in [3.8, 4) is 0 Å². The summed E-state index contributed by atoms with van der Waals surface area (Å²) in [5, 5.41) is 8.00. The van der Waals surface area contributed by atoms with Gasteiger partial charge in [0.25, 0.3) is 0 Å². The number of rotatable bonds is 3. The van der Waals surface area contributed by atoms with E-state index in [1.54, 1.807) is 0 Å². The second-order valence-corrected chi connectivity index (χ2v) is 1.22. The molecular weight excluding hydrogens is 120 g/mol. The van der Waals surface area contributed by atoms with E-state index in [1.165, 1.54) is 18.2 Å². The summed E-state index contributed by atoms with van der Waals surface area (Å²) in [4.78, 5) is 19.3. The SMILES string of the molecule is O=C/C=C/C=C\C(=O)O. The van der Waals surface area contributed by atoms with Crippen molar-refractivity contribution in [2.24, 2.45) is 0 Å². The van der Waals surface area contributed by atoms with Gasteiger partial charge in [-0.2, -0.15) is 0 Å². The third kappa shape index (κ3) is 6.62. The molecule has 0 aliphatic rings. The van der Waals surface area contributed by atoms with Gasteiger partial charge < -0.3 is 5.11 Å². The largest absolute Gasteiger partial charge is 0.478 e. The number of carboxylic acid groups (broad SMARTS) is 1. The summed E-state index contributed by atoms with van der Waals surface area (Å²) in [6, 6.07) is 0. The van der Waals surface area contributed by atoms with Crippen LogP contribution < -0.4 is 0 Å². The van der Waals surface area contributed by atoms with Crippen molar-refractivity contribution in [2.45, 2.75) is 0 Å². The number of hydrogen-bond acceptors (Lipinski definition) is 2. The van der Waals surface area contributed by atoms with E-state index >= 15 is 0 Å². The summed E-state index contributed by atoms with van der Waals surface area (Å²) in [6.45, 7) is 0. The van der Waals surface area contributed by atoms with Gasteiger partial charge in [-0.3, -0.25) is 4.79 Å². The standard InChI is InChI=1S/C6H6O3/c7-5-3-1-2-4-6(8)9/h1-5H,(H,8,9)/b3-1+,4-2-. The average molecular weight is 126 g/mol. The molecule has 3 nitrogen and oxygen atoms in total. The number of hydrogen-bond donors (Lipinski definition) is 1. The molecule has 0 radical (unpaired) electrons. The molecule has 1 N–H and O–H groups in total. The highest BCUT2D eigenvalue weighted by atomic mass is 16.4. The molecule has 9 heavy (non-hydrogen) atoms. The number of allylic oxidation sites excluding steroid dienone is 3. The first-order chi connectivity index (χ1) is 4.27. The summed E-state index contributed by atoms with van der Waals surface area (Å²) < 4.78 is 0. The van der Waals surface area contributed by atoms with E-state index in [1.807, 2.05) is 0 Å². The topological polar surface area (TPSA) is 54.4 Å². The van der Waals surface area contributed by atoms with Crippen molar-refractivity contribution in [3.63, 3.8) is 0 Å². The van der Waals surface area contributed by atoms with E-state index in [-0.39, 0.29) is 0 Å². The predicted octanol–water partition coefficient (Wildman–Crippen LogP) is 0.382. The first kappa shape index (κ1) is 7.62. The lowest BCUT2D eigenvalue weighted by molar-refractivity contribution is -0.131. The summed E-state index contributed by atoms with van der Waals surface area (Å²) >= 11 is 0. The summed E-state index contributed by atoms with van der Waals surface area (Å²) in [5.41, 5.74) is 0. The molecule has 0 aromatic heterocycles. The molecule has 0 aromatic carbocycles. The molecule has 0 aliphatic heterocycles. The fraction of sp³-hybridized carbons (Fsp3) is 0. The van der Waals surface area contributed by atoms with Crippen LogP contribution in [0, 0.1) is 0 Å². The molecule has 48 valence electrons. The van der Waals surface area contributed by atoms with Crippen LogP contribution in [0.15, 0.2) is 24.3 Å². The Morgan fingerprint density at radius 2 is 1.89 bits per heavy atom. The Labute approximate surface area is 52.3 Å². The first-order valence-corrected chi connectivity index (χ1v) is 2.29. The Kier molecular flexibility index (Phi) is 4.04. The molecule has 0 rings (SSSR count). The number of carboxylic acids is 1. The number of carbonyl (C=O) groups is 2. The van der Waals surface area contributed by atoms with Crippen LogP contribution in [0.2, 0.25) is 0 Å². The van der Waals surface area contributed by atoms with Crippen molar-refractivity contribution in [1.29, 1.82) is 0 Å². The van der Waals surface area contributed by atoms with Crippen LogP contribution >= 0.6 is 0 Å². The molecule has 3 heteroatoms. The number of carbonyl (C=O) groups excluding carboxylic acids is 1. The Morgan fingerprint density at radius 1 is 1.22 bits per heavy atom. The minimum Gasteiger partial charge on any atom is -0.478 e. The van der Waals surface area contributed by atoms with E-state index < -0.39 is 5.97 Å². The zero-order valence-electron chi connectivity index (χ0n) is 4.65. The van der Waals surface area contributed by atoms with Gasteiger partial charge in [0.1, 0.15) is 6.29 Å². The monoisotopic (exact) mass is 126 g/mol. The number of aldehydes is 1. The fourth-order valence-corrected chi connectivity index (χ4v) is 0.247. The zero-order chi connectivity index (χ0) is 7.11. The lowest BCUT2D eigenvalue weighted by atomic mass is 10.4. The lowest BCUT2D eigenvalue weighted by Gasteiger charge is -1.71. The van der Waals surface area contributed by atoms with Crippen LogP contribution in [0.25, 0.3) is 0 Å². The second-order valence-electron chi connectivity index (χ2n) is 1.22. The highest BCUT2D eigenvalue weighted by Gasteiger charge is 1.78. The van der Waals surface area contributed by atoms with Gasteiger partial charge in [0.15, 0.2) is 0 Å². The summed E-state index contributed by atoms with van der Waals surface area (Å²) in [6.07, 6.45) is 5.35. The van der Waals surface area contributed by atoms with Gasteiger partial charge in [-0.15, -0.1) is 0 Å². The van der Waals surface area contributed by atoms with E-state index in [0.717, 1.165) is 6.08 Å². The molecule has 0 aromatic rings. The van der Waals surface area contributed by atoms with E-state index in [0.29, 0.717) is 6.29 Å². The van der Waals surface area contributed by atoms with Crippen molar-refractivity contribution in [2.75, 3.05) is 0 Å². The molecule has 0 atom stereocenters. The third-order valence-corrected chi connectivity index (χ3v) is 0.540. The van der Waals surface area contributed by atoms with E-state index in [2.05, 4.69) is 0 Å². The molecule has 0 aliphatic carbocycles. The van der Waals surface area contributed by atoms with Crippen LogP contribution in [0.5, 0.6) is 0 Å². The smallest absolute Gasteiger partial charge is 0.328 e. The predicted molar refractivity (Wildman–Crippen MR) is 32.0 cm³/mol. The molecule has 0 fully saturated rings. The van der Waals surface area contributed by atoms with Crippen LogP contribution in [-0.4, -0.2) is 17.4 Å². The zero-order valence-corrected chi connectivity index (χ0v) is 4.65. The van der Waals surface area contributed by atoms with Crippen LogP contribution in [-0.2, 0) is 9.59 Å². The summed E-state index contributed by atoms with van der Waals surface area (Å²) in [7, 11) is 0. The molecular formula is C6H6O3. The van der Waals surface area contributed by atoms with Gasteiger partial charge in [0, 0.05) is 6.08 Å². The van der Waals surface area contributed by atoms with Gasteiger partial charge >= 0.3 is 5.97 Å². The van der Waals surface area contributed by atoms with Crippen LogP contribution in [0.1, 0.15) is 0 Å². The highest BCUT2D eigenvalue weighted by Crippen LogP contribution is 1.73. The van der Waals surface area contributed by atoms with Crippen LogP contribution in [0.4, 0.5) is 0 Å². The van der Waals surface area contributed by atoms with Crippen molar-refractivity contribution in [1.82, 2.24) is 0 Å². The molecule has 0 heterocycles. The molecule has 0 saturated carbocycles. The van der Waals surface area contributed by atoms with Gasteiger partial charge in [0.05, 0.1) is 0 Å². The van der Waals surface area contributed by atoms with Gasteiger partial charge in [-0.05, 0) is 6.08 Å². The maximum absolute atomic E-state index is 9.75. The second kappa shape index (κ2) is 4.77. The number of aliphatic carboxylic acids is 1. The maximum Gasteiger partial charge on any atom is 0.328 e.